The summed E-state index contributed by atoms with van der Waals surface area (Å²) in [5, 5.41) is 0. The maximum Gasteiger partial charge on any atom is 0.139 e. The van der Waals surface area contributed by atoms with Crippen LogP contribution in [0.5, 0.6) is 5.75 Å². The third kappa shape index (κ3) is 5.22. The summed E-state index contributed by atoms with van der Waals surface area (Å²) in [6.45, 7) is 3.05. The molecule has 4 heteroatoms. The molecule has 0 aliphatic rings. The van der Waals surface area contributed by atoms with E-state index in [0.717, 1.165) is 21.2 Å². The third-order valence-corrected chi connectivity index (χ3v) is 6.16. The zero-order valence-electron chi connectivity index (χ0n) is 15.5. The van der Waals surface area contributed by atoms with Crippen LogP contribution in [-0.4, -0.2) is 18.0 Å². The van der Waals surface area contributed by atoms with E-state index < -0.39 is 0 Å². The zero-order valence-corrected chi connectivity index (χ0v) is 18.7. The van der Waals surface area contributed by atoms with Crippen molar-refractivity contribution in [3.05, 3.63) is 98.9 Å². The van der Waals surface area contributed by atoms with Crippen molar-refractivity contribution in [2.24, 2.45) is 0 Å². The summed E-state index contributed by atoms with van der Waals surface area (Å²) < 4.78 is 8.58. The average Bonchev–Trinajstić information content (AvgIpc) is 2.69. The van der Waals surface area contributed by atoms with Gasteiger partial charge in [-0.15, -0.1) is 0 Å². The smallest absolute Gasteiger partial charge is 0.139 e. The molecule has 0 heterocycles. The number of para-hydroxylation sites is 1. The van der Waals surface area contributed by atoms with Crippen molar-refractivity contribution in [3.8, 4) is 5.75 Å². The lowest BCUT2D eigenvalue weighted by Gasteiger charge is -2.33. The molecule has 140 valence electrons. The molecule has 2 atom stereocenters. The molecule has 3 rings (SSSR count). The number of likely N-dealkylation sites (N-methyl/N-ethyl adjacent to an activating group) is 1. The van der Waals surface area contributed by atoms with E-state index in [9.17, 15) is 0 Å². The lowest BCUT2D eigenvalue weighted by Crippen LogP contribution is -2.36. The number of benzene rings is 3. The number of halogens is 2. The van der Waals surface area contributed by atoms with Crippen LogP contribution < -0.4 is 4.74 Å². The SMILES string of the molecule is C[C@H]([C@@H](Oc1ccccc1Br)c1ccccc1)N(C)Cc1ccccc1Br. The Bertz CT molecular complexity index is 869. The molecule has 0 aliphatic carbocycles. The summed E-state index contributed by atoms with van der Waals surface area (Å²) in [6.07, 6.45) is -0.0858. The van der Waals surface area contributed by atoms with Gasteiger partial charge in [-0.3, -0.25) is 4.90 Å². The quantitative estimate of drug-likeness (QED) is 0.360. The lowest BCUT2D eigenvalue weighted by molar-refractivity contribution is 0.0873. The predicted octanol–water partition coefficient (Wildman–Crippen LogP) is 6.85. The van der Waals surface area contributed by atoms with Crippen LogP contribution in [0.15, 0.2) is 87.8 Å². The van der Waals surface area contributed by atoms with Gasteiger partial charge in [0.05, 0.1) is 4.47 Å². The summed E-state index contributed by atoms with van der Waals surface area (Å²) in [5.41, 5.74) is 2.43. The van der Waals surface area contributed by atoms with Crippen LogP contribution in [0.25, 0.3) is 0 Å². The average molecular weight is 489 g/mol. The second-order valence-corrected chi connectivity index (χ2v) is 8.34. The van der Waals surface area contributed by atoms with Crippen LogP contribution in [-0.2, 0) is 6.54 Å². The Morgan fingerprint density at radius 3 is 2.07 bits per heavy atom. The topological polar surface area (TPSA) is 12.5 Å². The molecular weight excluding hydrogens is 466 g/mol. The van der Waals surface area contributed by atoms with E-state index in [-0.39, 0.29) is 12.1 Å². The van der Waals surface area contributed by atoms with Gasteiger partial charge in [0, 0.05) is 17.1 Å². The Kier molecular flexibility index (Phi) is 7.11. The Labute approximate surface area is 178 Å². The zero-order chi connectivity index (χ0) is 19.2. The van der Waals surface area contributed by atoms with Crippen molar-refractivity contribution in [3.63, 3.8) is 0 Å². The molecule has 0 aromatic heterocycles. The van der Waals surface area contributed by atoms with Crippen molar-refractivity contribution in [2.75, 3.05) is 7.05 Å². The van der Waals surface area contributed by atoms with Crippen molar-refractivity contribution in [2.45, 2.75) is 25.6 Å². The van der Waals surface area contributed by atoms with Crippen molar-refractivity contribution >= 4 is 31.9 Å². The van der Waals surface area contributed by atoms with Crippen LogP contribution in [0.2, 0.25) is 0 Å². The van der Waals surface area contributed by atoms with Gasteiger partial charge in [-0.2, -0.15) is 0 Å². The number of hydrogen-bond donors (Lipinski definition) is 0. The van der Waals surface area contributed by atoms with Gasteiger partial charge in [-0.25, -0.2) is 0 Å². The molecule has 0 radical (unpaired) electrons. The van der Waals surface area contributed by atoms with Crippen LogP contribution in [0, 0.1) is 0 Å². The second-order valence-electron chi connectivity index (χ2n) is 6.63. The van der Waals surface area contributed by atoms with Crippen LogP contribution >= 0.6 is 31.9 Å². The number of ether oxygens (including phenoxy) is 1. The molecule has 0 saturated carbocycles. The van der Waals surface area contributed by atoms with Crippen LogP contribution in [0.3, 0.4) is 0 Å². The van der Waals surface area contributed by atoms with E-state index in [2.05, 4.69) is 93.2 Å². The van der Waals surface area contributed by atoms with E-state index in [0.29, 0.717) is 0 Å². The monoisotopic (exact) mass is 487 g/mol. The minimum Gasteiger partial charge on any atom is -0.483 e. The van der Waals surface area contributed by atoms with Crippen LogP contribution in [0.1, 0.15) is 24.2 Å². The molecule has 27 heavy (non-hydrogen) atoms. The fourth-order valence-electron chi connectivity index (χ4n) is 3.04. The maximum atomic E-state index is 6.48. The molecule has 0 saturated heterocycles. The van der Waals surface area contributed by atoms with Gasteiger partial charge in [0.2, 0.25) is 0 Å². The highest BCUT2D eigenvalue weighted by molar-refractivity contribution is 9.10. The molecule has 0 spiro atoms. The molecule has 3 aromatic carbocycles. The van der Waals surface area contributed by atoms with Gasteiger partial charge in [0.1, 0.15) is 11.9 Å². The normalized spacial score (nSPS) is 13.4. The van der Waals surface area contributed by atoms with Gasteiger partial charge < -0.3 is 4.74 Å². The highest BCUT2D eigenvalue weighted by atomic mass is 79.9. The molecule has 0 bridgehead atoms. The summed E-state index contributed by atoms with van der Waals surface area (Å²) in [5.74, 6) is 0.854. The molecule has 0 amide bonds. The largest absolute Gasteiger partial charge is 0.483 e. The number of nitrogens with zero attached hydrogens (tertiary/aromatic N) is 1. The number of hydrogen-bond acceptors (Lipinski definition) is 2. The minimum atomic E-state index is -0.0858. The van der Waals surface area contributed by atoms with E-state index in [1.807, 2.05) is 36.4 Å². The van der Waals surface area contributed by atoms with E-state index in [1.165, 1.54) is 11.1 Å². The lowest BCUT2D eigenvalue weighted by atomic mass is 10.0. The molecule has 0 N–H and O–H groups in total. The molecule has 0 fully saturated rings. The fraction of sp³-hybridized carbons (Fsp3) is 0.217. The molecule has 3 aromatic rings. The van der Waals surface area contributed by atoms with Crippen molar-refractivity contribution < 1.29 is 4.74 Å². The molecule has 2 nitrogen and oxygen atoms in total. The van der Waals surface area contributed by atoms with Crippen LogP contribution in [0.4, 0.5) is 0 Å². The second kappa shape index (κ2) is 9.54. The Balaban J connectivity index is 1.85. The first-order valence-electron chi connectivity index (χ1n) is 8.96. The highest BCUT2D eigenvalue weighted by Crippen LogP contribution is 2.32. The summed E-state index contributed by atoms with van der Waals surface area (Å²) in [4.78, 5) is 2.33. The third-order valence-electron chi connectivity index (χ3n) is 4.73. The van der Waals surface area contributed by atoms with Gasteiger partial charge in [-0.05, 0) is 59.2 Å². The minimum absolute atomic E-state index is 0.0858. The van der Waals surface area contributed by atoms with Gasteiger partial charge in [-0.1, -0.05) is 76.6 Å². The first-order valence-corrected chi connectivity index (χ1v) is 10.5. The Hall–Kier alpha value is -1.62. The Morgan fingerprint density at radius 2 is 1.41 bits per heavy atom. The summed E-state index contributed by atoms with van der Waals surface area (Å²) in [7, 11) is 2.14. The fourth-order valence-corrected chi connectivity index (χ4v) is 3.82. The molecular formula is C23H23Br2NO. The van der Waals surface area contributed by atoms with Crippen molar-refractivity contribution in [1.29, 1.82) is 0 Å². The first-order chi connectivity index (χ1) is 13.1. The van der Waals surface area contributed by atoms with Gasteiger partial charge in [0.15, 0.2) is 0 Å². The Morgan fingerprint density at radius 1 is 0.815 bits per heavy atom. The van der Waals surface area contributed by atoms with Gasteiger partial charge in [0.25, 0.3) is 0 Å². The first kappa shape index (κ1) is 20.1. The van der Waals surface area contributed by atoms with E-state index in [4.69, 9.17) is 4.74 Å². The predicted molar refractivity (Wildman–Crippen MR) is 119 cm³/mol. The summed E-state index contributed by atoms with van der Waals surface area (Å²) in [6, 6.07) is 26.9. The van der Waals surface area contributed by atoms with E-state index in [1.54, 1.807) is 0 Å². The maximum absolute atomic E-state index is 6.48. The highest BCUT2D eigenvalue weighted by Gasteiger charge is 2.25. The van der Waals surface area contributed by atoms with Crippen molar-refractivity contribution in [1.82, 2.24) is 4.90 Å². The van der Waals surface area contributed by atoms with E-state index >= 15 is 0 Å². The molecule has 0 unspecified atom stereocenters. The standard InChI is InChI=1S/C23H23Br2NO/c1-17(26(2)16-19-12-6-7-13-20(19)24)23(18-10-4-3-5-11-18)27-22-15-9-8-14-21(22)25/h3-15,17,23H,16H2,1-2H3/t17-,23-/m1/s1. The number of rotatable bonds is 7. The summed E-state index contributed by atoms with van der Waals surface area (Å²) >= 11 is 7.26. The van der Waals surface area contributed by atoms with Gasteiger partial charge >= 0.3 is 0 Å². The molecule has 0 aliphatic heterocycles.